The number of rotatable bonds is 42. The van der Waals surface area contributed by atoms with Crippen LogP contribution in [0.15, 0.2) is 95.7 Å². The minimum absolute atomic E-state index is 0.0201. The van der Waals surface area contributed by atoms with E-state index in [2.05, 4.69) is 24.2 Å². The van der Waals surface area contributed by atoms with E-state index in [1.54, 1.807) is 84.9 Å². The van der Waals surface area contributed by atoms with Crippen LogP contribution in [0.5, 0.6) is 5.75 Å². The fraction of sp³-hybridized carbons (Fsp3) is 0.677. The molecule has 9 fully saturated rings. The van der Waals surface area contributed by atoms with Gasteiger partial charge in [0.1, 0.15) is 12.4 Å². The Balaban J connectivity index is 0.000000214. The van der Waals surface area contributed by atoms with Crippen LogP contribution in [0.1, 0.15) is 228 Å². The Morgan fingerprint density at radius 1 is 0.448 bits per heavy atom. The Labute approximate surface area is 843 Å². The molecule has 0 saturated heterocycles. The minimum atomic E-state index is -2.22. The van der Waals surface area contributed by atoms with Crippen LogP contribution in [0.2, 0.25) is 0 Å². The number of aliphatic hydroxyl groups excluding tert-OH is 4. The number of ketones is 6. The minimum Gasteiger partial charge on any atom is -0.463 e. The van der Waals surface area contributed by atoms with Crippen molar-refractivity contribution in [3.63, 3.8) is 0 Å². The number of hydrogen-bond acceptors (Lipinski definition) is 38. The maximum atomic E-state index is 17.9. The van der Waals surface area contributed by atoms with Crippen molar-refractivity contribution in [2.75, 3.05) is 59.5 Å². The van der Waals surface area contributed by atoms with Gasteiger partial charge in [-0.1, -0.05) is 103 Å². The van der Waals surface area contributed by atoms with E-state index in [0.29, 0.717) is 80.9 Å². The molecular formula is C99H126Cl2FN5O38. The molecule has 1 aromatic carbocycles. The molecule has 4 N–H and O–H groups in total. The van der Waals surface area contributed by atoms with Crippen molar-refractivity contribution in [2.24, 2.45) is 85.8 Å². The zero-order valence-corrected chi connectivity index (χ0v) is 83.9. The maximum absolute atomic E-state index is 17.9. The number of allylic oxidation sites excluding steroid dienone is 12. The second-order valence-corrected chi connectivity index (χ2v) is 42.5. The lowest BCUT2D eigenvalue weighted by Gasteiger charge is -2.64. The number of alkyl halides is 3. The third-order valence-electron chi connectivity index (χ3n) is 33.6. The van der Waals surface area contributed by atoms with Crippen LogP contribution in [-0.2, 0) is 105 Å². The van der Waals surface area contributed by atoms with Gasteiger partial charge in [0.05, 0.1) is 67.7 Å². The first kappa shape index (κ1) is 114. The number of aliphatic hydroxyl groups is 4. The second-order valence-electron chi connectivity index (χ2n) is 41.2. The van der Waals surface area contributed by atoms with Crippen molar-refractivity contribution >= 4 is 100.0 Å². The number of unbranched alkanes of at least 4 members (excludes halogenated alkanes) is 3. The third kappa shape index (κ3) is 21.7. The molecule has 0 aromatic heterocycles. The summed E-state index contributed by atoms with van der Waals surface area (Å²) in [6.07, 6.45) is 15.6. The van der Waals surface area contributed by atoms with Gasteiger partial charge in [-0.2, -0.15) is 0 Å². The van der Waals surface area contributed by atoms with Crippen molar-refractivity contribution in [1.29, 1.82) is 0 Å². The molecule has 12 aliphatic carbocycles. The van der Waals surface area contributed by atoms with Crippen LogP contribution in [0.25, 0.3) is 6.08 Å². The lowest BCUT2D eigenvalue weighted by molar-refractivity contribution is -0.757. The lowest BCUT2D eigenvalue weighted by Crippen LogP contribution is -2.70. The van der Waals surface area contributed by atoms with Gasteiger partial charge in [-0.25, -0.2) is 14.0 Å². The van der Waals surface area contributed by atoms with Crippen molar-refractivity contribution in [3.05, 3.63) is 157 Å². The van der Waals surface area contributed by atoms with Crippen LogP contribution in [0.4, 0.5) is 9.18 Å². The molecule has 0 spiro atoms. The van der Waals surface area contributed by atoms with Crippen LogP contribution in [0.3, 0.4) is 0 Å². The number of halogens is 3. The molecule has 0 amide bonds. The van der Waals surface area contributed by atoms with Gasteiger partial charge >= 0.3 is 36.0 Å². The molecule has 9 saturated carbocycles. The summed E-state index contributed by atoms with van der Waals surface area (Å²) in [5.74, 6) is -10.7. The molecule has 0 bridgehead atoms. The Bertz CT molecular complexity index is 5450. The molecule has 24 atom stereocenters. The molecule has 1 aromatic rings. The van der Waals surface area contributed by atoms with Crippen LogP contribution in [-0.4, -0.2) is 227 Å². The van der Waals surface area contributed by atoms with E-state index in [-0.39, 0.29) is 176 Å². The van der Waals surface area contributed by atoms with Crippen molar-refractivity contribution in [3.8, 4) is 5.75 Å². The van der Waals surface area contributed by atoms with Gasteiger partial charge in [-0.05, 0) is 231 Å². The quantitative estimate of drug-likeness (QED) is 0.00690. The Kier molecular flexibility index (Phi) is 35.6. The highest BCUT2D eigenvalue weighted by molar-refractivity contribution is 6.27. The average Bonchev–Trinajstić information content (AvgIpc) is 1.56. The summed E-state index contributed by atoms with van der Waals surface area (Å²) in [6, 6.07) is 4.61. The molecule has 145 heavy (non-hydrogen) atoms. The predicted octanol–water partition coefficient (Wildman–Crippen LogP) is 12.2. The zero-order chi connectivity index (χ0) is 107. The largest absolute Gasteiger partial charge is 0.514 e. The monoisotopic (exact) mass is 2080 g/mol. The smallest absolute Gasteiger partial charge is 0.463 e. The number of fused-ring (bicyclic) bond motifs is 15. The van der Waals surface area contributed by atoms with Crippen molar-refractivity contribution < 1.29 is 165 Å². The third-order valence-corrected chi connectivity index (χ3v) is 35.5. The Morgan fingerprint density at radius 2 is 0.800 bits per heavy atom. The van der Waals surface area contributed by atoms with E-state index in [1.165, 1.54) is 48.6 Å². The van der Waals surface area contributed by atoms with Gasteiger partial charge in [0.15, 0.2) is 53.0 Å². The molecule has 0 aliphatic heterocycles. The van der Waals surface area contributed by atoms with E-state index in [1.807, 2.05) is 20.8 Å². The number of esters is 5. The zero-order valence-electron chi connectivity index (χ0n) is 82.4. The van der Waals surface area contributed by atoms with Gasteiger partial charge in [0, 0.05) is 87.9 Å². The fourth-order valence-corrected chi connectivity index (χ4v) is 28.1. The molecule has 12 aliphatic rings. The first-order valence-electron chi connectivity index (χ1n) is 48.7. The Hall–Kier alpha value is -11.6. The van der Waals surface area contributed by atoms with E-state index in [4.69, 9.17) is 56.4 Å². The molecular weight excluding hydrogens is 1960 g/mol. The highest BCUT2D eigenvalue weighted by atomic mass is 35.5. The molecule has 43 nitrogen and oxygen atoms in total. The Morgan fingerprint density at radius 3 is 1.21 bits per heavy atom. The molecule has 0 radical (unpaired) electrons. The second kappa shape index (κ2) is 45.4. The molecule has 796 valence electrons. The van der Waals surface area contributed by atoms with Gasteiger partial charge < -0.3 is 77.8 Å². The molecule has 46 heteroatoms. The SMILES string of the molecule is C[C@H]1CC2C3CCC4=CC(=O)C=C[C@]4(C)[C@@]3(Cl)[C@@H](O)C[C@]2(C)[C@@]1(OC(=O)CCCO[N+](=O)[O-])C(=O)CO.C[C@H]1CC2C3CCC4=CC(=O)C=C[C@]4(C)[C@@]3(Cl)[C@@H](O)C[C@]2(C)[C@@]1(OC(=O)CCCO[N+](=O)[O-])C(=O)COC(=O)CCCO[N+](=O)[O-].Cc1cc(/C=C/C(=O)OCCCCO[N+](=O)[O-])ccc1OC(=O)OCC(=O)[C@@]1(OC(=O)CCCCCO[N+](=O)[O-])[C@@H](C)CC2C3CCC4=CC(=O)C=C[C@]4(C)[C@@]3(F)[C@@H](O)C[C@@]21C. The molecule has 13 rings (SSSR count). The number of ether oxygens (including phenoxy) is 7. The summed E-state index contributed by atoms with van der Waals surface area (Å²) in [7, 11) is 0. The summed E-state index contributed by atoms with van der Waals surface area (Å²) in [6.45, 7) is 14.0. The van der Waals surface area contributed by atoms with Gasteiger partial charge in [0.2, 0.25) is 17.3 Å². The number of carbonyl (C=O) groups excluding carboxylic acids is 12. The number of aryl methyl sites for hydroxylation is 1. The summed E-state index contributed by atoms with van der Waals surface area (Å²) >= 11 is 14.9. The lowest BCUT2D eigenvalue weighted by atomic mass is 9.44. The highest BCUT2D eigenvalue weighted by Gasteiger charge is 2.81. The van der Waals surface area contributed by atoms with E-state index >= 15 is 4.39 Å². The van der Waals surface area contributed by atoms with Crippen LogP contribution < -0.4 is 4.74 Å². The fourth-order valence-electron chi connectivity index (χ4n) is 27.1. The summed E-state index contributed by atoms with van der Waals surface area (Å²) in [5, 5.41) is 92.7. The van der Waals surface area contributed by atoms with Gasteiger partial charge in [0.25, 0.3) is 25.4 Å². The summed E-state index contributed by atoms with van der Waals surface area (Å²) < 4.78 is 57.3. The normalized spacial score (nSPS) is 34.8. The van der Waals surface area contributed by atoms with E-state index in [0.717, 1.165) is 11.1 Å². The number of nitrogens with zero attached hydrogens (tertiary/aromatic N) is 5. The molecule has 6 unspecified atom stereocenters. The highest BCUT2D eigenvalue weighted by Crippen LogP contribution is 2.76. The topological polar surface area (TPSA) is 612 Å². The number of carbonyl (C=O) groups is 12. The van der Waals surface area contributed by atoms with Crippen molar-refractivity contribution in [1.82, 2.24) is 0 Å². The maximum Gasteiger partial charge on any atom is 0.514 e. The average molecular weight is 2080 g/mol. The van der Waals surface area contributed by atoms with E-state index in [9.17, 15) is 129 Å². The van der Waals surface area contributed by atoms with E-state index < -0.39 is 211 Å². The number of Topliss-reactive ketones (excluding diaryl/α,β-unsaturated/α-hetero) is 3. The van der Waals surface area contributed by atoms with Crippen molar-refractivity contribution in [2.45, 2.75) is 274 Å². The summed E-state index contributed by atoms with van der Waals surface area (Å²) in [4.78, 5) is 227. The van der Waals surface area contributed by atoms with Gasteiger partial charge in [-0.3, -0.25) is 47.9 Å². The first-order chi connectivity index (χ1) is 68.1. The predicted molar refractivity (Wildman–Crippen MR) is 501 cm³/mol. The number of benzene rings is 1. The number of hydrogen-bond donors (Lipinski definition) is 4. The molecule has 0 heterocycles. The van der Waals surface area contributed by atoms with Gasteiger partial charge in [-0.15, -0.1) is 73.8 Å². The first-order valence-corrected chi connectivity index (χ1v) is 49.5. The van der Waals surface area contributed by atoms with Crippen LogP contribution in [0, 0.1) is 143 Å². The van der Waals surface area contributed by atoms with Crippen LogP contribution >= 0.6 is 23.2 Å². The summed E-state index contributed by atoms with van der Waals surface area (Å²) in [5.41, 5.74) is -10.9. The standard InChI is InChI=1S/C43H53FN2O16.C30H39ClN2O13.C26H34ClNO9/c1-27-22-29(12-16-37(50)57-19-8-9-21-60-46(55)56)11-15-34(27)61-39(52)58-26-36(49)43(62-38(51)10-6-5-7-20-59-45(53)54)28(2)23-33-32-14-13-30-24-31(47)17-18-40(30,3)42(32,44)35(48)25-41(33,43)4;1-18-14-22-21-9-8-19-15-20(34)10-11-27(19,2)29(21,31)23(35)16-28(22,3)30(18,46-26(38)7-5-13-45-33(41)42)24(36)17-43-25(37)6-4-12-44-32(39)40;1-15-11-19-18-7-6-16-12-17(30)8-9-23(16,2)25(18,27)20(31)13-24(19,3)26(15,21(32)14-29)37-22(33)5-4-10-36-28(34)35/h11-12,15-18,22,24,28,32-33,35,48H,5-10,13-14,19-21,23,25-26H2,1-4H3;10-11,15,18,21-23,35H,4-9,12-14,16-17H2,1-3H3;8-9,12,15,18-20,29,31H,4-7,10-11,13-14H2,1-3H3/b16-12+;;/t28-,32?,33?,35-,40-,41-,42-,43-;18-,21?,22?,23-,27-,28-,29-,30-;15-,18?,19?,20-,23-,24-,25-,26-/m000/s1.